The molecule has 7 nitrogen and oxygen atoms in total. The van der Waals surface area contributed by atoms with Crippen LogP contribution in [0.4, 0.5) is 5.13 Å². The molecule has 1 amide bonds. The third kappa shape index (κ3) is 4.87. The number of nitrogens with zero attached hydrogens (tertiary/aromatic N) is 4. The van der Waals surface area contributed by atoms with Crippen molar-refractivity contribution < 1.29 is 4.79 Å². The van der Waals surface area contributed by atoms with Crippen molar-refractivity contribution in [1.29, 1.82) is 0 Å². The van der Waals surface area contributed by atoms with E-state index in [-0.39, 0.29) is 17.8 Å². The van der Waals surface area contributed by atoms with Gasteiger partial charge in [-0.1, -0.05) is 77.7 Å². The molecule has 1 N–H and O–H groups in total. The van der Waals surface area contributed by atoms with Crippen molar-refractivity contribution in [3.8, 4) is 0 Å². The Morgan fingerprint density at radius 3 is 2.55 bits per heavy atom. The Labute approximate surface area is 201 Å². The van der Waals surface area contributed by atoms with Crippen LogP contribution < -0.4 is 10.9 Å². The second kappa shape index (κ2) is 9.65. The number of benzene rings is 2. The molecule has 33 heavy (non-hydrogen) atoms. The van der Waals surface area contributed by atoms with Crippen molar-refractivity contribution in [3.63, 3.8) is 0 Å². The topological polar surface area (TPSA) is 89.8 Å². The van der Waals surface area contributed by atoms with Gasteiger partial charge in [0, 0.05) is 16.0 Å². The van der Waals surface area contributed by atoms with Crippen LogP contribution in [0.2, 0.25) is 0 Å². The second-order valence-corrected chi connectivity index (χ2v) is 10.3. The first-order valence-corrected chi connectivity index (χ1v) is 12.7. The van der Waals surface area contributed by atoms with Gasteiger partial charge in [0.1, 0.15) is 0 Å². The lowest BCUT2D eigenvalue weighted by Gasteiger charge is -2.10. The predicted molar refractivity (Wildman–Crippen MR) is 133 cm³/mol. The normalized spacial score (nSPS) is 11.0. The van der Waals surface area contributed by atoms with Gasteiger partial charge in [-0.3, -0.25) is 14.9 Å². The molecule has 0 spiro atoms. The molecule has 0 unspecified atom stereocenters. The number of carbonyl (C=O) groups is 1. The predicted octanol–water partition coefficient (Wildman–Crippen LogP) is 4.90. The molecular formula is C23H17N5O2S3. The van der Waals surface area contributed by atoms with E-state index in [1.807, 2.05) is 41.8 Å². The lowest BCUT2D eigenvalue weighted by atomic mass is 10.1. The number of hydrogen-bond acceptors (Lipinski definition) is 8. The number of amides is 1. The molecule has 5 aromatic rings. The van der Waals surface area contributed by atoms with Crippen molar-refractivity contribution in [2.24, 2.45) is 0 Å². The monoisotopic (exact) mass is 491 g/mol. The van der Waals surface area contributed by atoms with E-state index in [0.29, 0.717) is 15.9 Å². The van der Waals surface area contributed by atoms with Crippen molar-refractivity contribution >= 4 is 56.2 Å². The third-order valence-electron chi connectivity index (χ3n) is 4.80. The Bertz CT molecular complexity index is 1460. The number of thioether (sulfide) groups is 1. The average molecular weight is 492 g/mol. The first-order chi connectivity index (χ1) is 16.2. The van der Waals surface area contributed by atoms with Crippen LogP contribution in [-0.2, 0) is 12.3 Å². The highest BCUT2D eigenvalue weighted by molar-refractivity contribution is 8.00. The van der Waals surface area contributed by atoms with Crippen LogP contribution in [0, 0.1) is 0 Å². The Hall–Kier alpha value is -3.34. The molecule has 0 bridgehead atoms. The van der Waals surface area contributed by atoms with Crippen LogP contribution in [0.15, 0.2) is 81.2 Å². The molecule has 0 aliphatic carbocycles. The summed E-state index contributed by atoms with van der Waals surface area (Å²) in [6.45, 7) is 0.271. The summed E-state index contributed by atoms with van der Waals surface area (Å²) in [5.74, 6) is 0.371. The largest absolute Gasteiger partial charge is 0.295 e. The molecule has 5 rings (SSSR count). The zero-order chi connectivity index (χ0) is 22.6. The quantitative estimate of drug-likeness (QED) is 0.257. The van der Waals surface area contributed by atoms with Gasteiger partial charge in [0.05, 0.1) is 11.9 Å². The molecule has 0 aliphatic heterocycles. The van der Waals surface area contributed by atoms with Gasteiger partial charge >= 0.3 is 0 Å². The Morgan fingerprint density at radius 2 is 1.76 bits per heavy atom. The van der Waals surface area contributed by atoms with Crippen molar-refractivity contribution in [3.05, 3.63) is 98.6 Å². The van der Waals surface area contributed by atoms with Crippen LogP contribution in [0.25, 0.3) is 10.8 Å². The summed E-state index contributed by atoms with van der Waals surface area (Å²) in [5.41, 5.74) is 0.851. The number of nitrogens with one attached hydrogen (secondary N) is 1. The highest BCUT2D eigenvalue weighted by Crippen LogP contribution is 2.29. The SMILES string of the molecule is O=C(Nc1nnc(SCc2cccs2)s1)c1nn(Cc2ccccc2)c(=O)c2ccccc12. The second-order valence-electron chi connectivity index (χ2n) is 7.04. The molecule has 2 aromatic carbocycles. The molecule has 0 atom stereocenters. The fraction of sp³-hybridized carbons (Fsp3) is 0.0870. The van der Waals surface area contributed by atoms with Gasteiger partial charge in [-0.15, -0.1) is 21.5 Å². The van der Waals surface area contributed by atoms with Gasteiger partial charge in [-0.25, -0.2) is 4.68 Å². The lowest BCUT2D eigenvalue weighted by molar-refractivity contribution is 0.102. The molecule has 0 aliphatic rings. The first-order valence-electron chi connectivity index (χ1n) is 10.0. The molecule has 3 heterocycles. The van der Waals surface area contributed by atoms with Crippen LogP contribution in [0.1, 0.15) is 20.9 Å². The van der Waals surface area contributed by atoms with Gasteiger partial charge in [0.2, 0.25) is 5.13 Å². The van der Waals surface area contributed by atoms with E-state index >= 15 is 0 Å². The van der Waals surface area contributed by atoms with Crippen molar-refractivity contribution in [1.82, 2.24) is 20.0 Å². The summed E-state index contributed by atoms with van der Waals surface area (Å²) >= 11 is 4.57. The standard InChI is InChI=1S/C23H17N5O2S3/c29-20(24-22-25-26-23(33-22)32-14-16-9-6-12-31-16)19-17-10-4-5-11-18(17)21(30)28(27-19)13-15-7-2-1-3-8-15/h1-12H,13-14H2,(H,24,25,29). The van der Waals surface area contributed by atoms with Gasteiger partial charge < -0.3 is 0 Å². The number of rotatable bonds is 7. The van der Waals surface area contributed by atoms with Gasteiger partial charge in [-0.2, -0.15) is 5.10 Å². The minimum absolute atomic E-state index is 0.170. The van der Waals surface area contributed by atoms with E-state index in [2.05, 4.69) is 26.7 Å². The molecular weight excluding hydrogens is 474 g/mol. The molecule has 164 valence electrons. The summed E-state index contributed by atoms with van der Waals surface area (Å²) < 4.78 is 2.10. The number of anilines is 1. The molecule has 3 aromatic heterocycles. The molecule has 0 radical (unpaired) electrons. The Morgan fingerprint density at radius 1 is 0.970 bits per heavy atom. The van der Waals surface area contributed by atoms with E-state index in [4.69, 9.17) is 0 Å². The van der Waals surface area contributed by atoms with Gasteiger partial charge in [0.15, 0.2) is 10.0 Å². The summed E-state index contributed by atoms with van der Waals surface area (Å²) in [4.78, 5) is 27.4. The number of hydrogen-bond donors (Lipinski definition) is 1. The van der Waals surface area contributed by atoms with E-state index in [9.17, 15) is 9.59 Å². The number of thiophene rings is 1. The highest BCUT2D eigenvalue weighted by Gasteiger charge is 2.18. The maximum absolute atomic E-state index is 13.1. The smallest absolute Gasteiger partial charge is 0.278 e. The summed E-state index contributed by atoms with van der Waals surface area (Å²) in [5, 5.41) is 18.8. The zero-order valence-electron chi connectivity index (χ0n) is 17.2. The molecule has 0 saturated heterocycles. The molecule has 10 heteroatoms. The zero-order valence-corrected chi connectivity index (χ0v) is 19.6. The van der Waals surface area contributed by atoms with E-state index in [1.165, 1.54) is 20.9 Å². The van der Waals surface area contributed by atoms with Crippen molar-refractivity contribution in [2.45, 2.75) is 16.6 Å². The summed E-state index contributed by atoms with van der Waals surface area (Å²) in [6.07, 6.45) is 0. The first kappa shape index (κ1) is 21.5. The number of carbonyl (C=O) groups excluding carboxylic acids is 1. The summed E-state index contributed by atoms with van der Waals surface area (Å²) in [7, 11) is 0. The number of aromatic nitrogens is 4. The molecule has 0 fully saturated rings. The van der Waals surface area contributed by atoms with E-state index < -0.39 is 5.91 Å². The minimum atomic E-state index is -0.432. The van der Waals surface area contributed by atoms with E-state index in [1.54, 1.807) is 47.4 Å². The van der Waals surface area contributed by atoms with Crippen LogP contribution >= 0.6 is 34.4 Å². The van der Waals surface area contributed by atoms with Gasteiger partial charge in [-0.05, 0) is 23.1 Å². The third-order valence-corrected chi connectivity index (χ3v) is 7.88. The van der Waals surface area contributed by atoms with Crippen LogP contribution in [0.5, 0.6) is 0 Å². The fourth-order valence-electron chi connectivity index (χ4n) is 3.27. The average Bonchev–Trinajstić information content (AvgIpc) is 3.52. The minimum Gasteiger partial charge on any atom is -0.295 e. The Balaban J connectivity index is 1.41. The molecule has 0 saturated carbocycles. The van der Waals surface area contributed by atoms with Crippen molar-refractivity contribution in [2.75, 3.05) is 5.32 Å². The lowest BCUT2D eigenvalue weighted by Crippen LogP contribution is -2.28. The number of fused-ring (bicyclic) bond motifs is 1. The maximum Gasteiger partial charge on any atom is 0.278 e. The Kier molecular flexibility index (Phi) is 6.29. The fourth-order valence-corrected chi connectivity index (χ4v) is 5.79. The van der Waals surface area contributed by atoms with E-state index in [0.717, 1.165) is 15.7 Å². The summed E-state index contributed by atoms with van der Waals surface area (Å²) in [6, 6.07) is 20.6. The van der Waals surface area contributed by atoms with Crippen LogP contribution in [-0.4, -0.2) is 25.9 Å². The van der Waals surface area contributed by atoms with Crippen LogP contribution in [0.3, 0.4) is 0 Å². The highest BCUT2D eigenvalue weighted by atomic mass is 32.2. The maximum atomic E-state index is 13.1. The van der Waals surface area contributed by atoms with Gasteiger partial charge in [0.25, 0.3) is 11.5 Å².